The topological polar surface area (TPSA) is 42.2 Å². The molecule has 0 bridgehead atoms. The third kappa shape index (κ3) is 2.55. The molecule has 98 valence electrons. The fraction of sp³-hybridized carbons (Fsp3) is 0.312. The lowest BCUT2D eigenvalue weighted by atomic mass is 9.83. The van der Waals surface area contributed by atoms with Crippen LogP contribution in [0.1, 0.15) is 40.4 Å². The van der Waals surface area contributed by atoms with Crippen molar-refractivity contribution < 1.29 is 9.21 Å². The molecule has 3 rings (SSSR count). The van der Waals surface area contributed by atoms with Gasteiger partial charge in [-0.15, -0.1) is 0 Å². The van der Waals surface area contributed by atoms with Crippen molar-refractivity contribution in [2.24, 2.45) is 0 Å². The molecule has 3 nitrogen and oxygen atoms in total. The standard InChI is InChI=1S/C16H17NO2/c18-16(15-9-4-10-19-15)17-11-13-7-3-6-12-5-1-2-8-14(12)13/h1-2,4-5,8-10,13H,3,6-7,11H2,(H,17,18)/t13-/m0/s1. The minimum absolute atomic E-state index is 0.131. The smallest absolute Gasteiger partial charge is 0.286 e. The van der Waals surface area contributed by atoms with Gasteiger partial charge in [0.25, 0.3) is 5.91 Å². The van der Waals surface area contributed by atoms with Crippen LogP contribution in [0.5, 0.6) is 0 Å². The van der Waals surface area contributed by atoms with Crippen molar-refractivity contribution in [3.8, 4) is 0 Å². The molecule has 3 heteroatoms. The van der Waals surface area contributed by atoms with E-state index in [1.54, 1.807) is 12.1 Å². The van der Waals surface area contributed by atoms with Crippen LogP contribution in [-0.4, -0.2) is 12.5 Å². The van der Waals surface area contributed by atoms with E-state index < -0.39 is 0 Å². The summed E-state index contributed by atoms with van der Waals surface area (Å²) in [5, 5.41) is 2.96. The Bertz CT molecular complexity index is 560. The van der Waals surface area contributed by atoms with Crippen LogP contribution in [0.2, 0.25) is 0 Å². The predicted octanol–water partition coefficient (Wildman–Crippen LogP) is 3.13. The van der Waals surface area contributed by atoms with Crippen LogP contribution in [0.25, 0.3) is 0 Å². The second kappa shape index (κ2) is 5.31. The third-order valence-electron chi connectivity index (χ3n) is 3.75. The predicted molar refractivity (Wildman–Crippen MR) is 73.2 cm³/mol. The van der Waals surface area contributed by atoms with Gasteiger partial charge in [0.2, 0.25) is 0 Å². The number of nitrogens with one attached hydrogen (secondary N) is 1. The second-order valence-corrected chi connectivity index (χ2v) is 4.98. The zero-order valence-electron chi connectivity index (χ0n) is 10.8. The number of aryl methyl sites for hydroxylation is 1. The lowest BCUT2D eigenvalue weighted by Crippen LogP contribution is -2.29. The first kappa shape index (κ1) is 12.0. The molecule has 1 N–H and O–H groups in total. The molecule has 1 amide bonds. The molecule has 0 unspecified atom stereocenters. The summed E-state index contributed by atoms with van der Waals surface area (Å²) in [6.07, 6.45) is 5.00. The summed E-state index contributed by atoms with van der Waals surface area (Å²) in [5.74, 6) is 0.668. The Kier molecular flexibility index (Phi) is 3.36. The average molecular weight is 255 g/mol. The van der Waals surface area contributed by atoms with E-state index in [4.69, 9.17) is 4.42 Å². The highest BCUT2D eigenvalue weighted by Gasteiger charge is 2.20. The van der Waals surface area contributed by atoms with E-state index in [-0.39, 0.29) is 5.91 Å². The molecular weight excluding hydrogens is 238 g/mol. The maximum absolute atomic E-state index is 11.9. The third-order valence-corrected chi connectivity index (χ3v) is 3.75. The summed E-state index contributed by atoms with van der Waals surface area (Å²) in [6.45, 7) is 0.677. The summed E-state index contributed by atoms with van der Waals surface area (Å²) in [4.78, 5) is 11.9. The number of benzene rings is 1. The van der Waals surface area contributed by atoms with Crippen molar-refractivity contribution in [3.63, 3.8) is 0 Å². The van der Waals surface area contributed by atoms with Crippen LogP contribution in [0.4, 0.5) is 0 Å². The Morgan fingerprint density at radius 3 is 3.00 bits per heavy atom. The largest absolute Gasteiger partial charge is 0.459 e. The number of hydrogen-bond donors (Lipinski definition) is 1. The number of fused-ring (bicyclic) bond motifs is 1. The van der Waals surface area contributed by atoms with Gasteiger partial charge < -0.3 is 9.73 Å². The van der Waals surface area contributed by atoms with Crippen molar-refractivity contribution in [1.82, 2.24) is 5.32 Å². The summed E-state index contributed by atoms with van der Waals surface area (Å²) < 4.78 is 5.09. The Morgan fingerprint density at radius 1 is 1.26 bits per heavy atom. The first-order valence-electron chi connectivity index (χ1n) is 6.74. The van der Waals surface area contributed by atoms with E-state index >= 15 is 0 Å². The number of carbonyl (C=O) groups excluding carboxylic acids is 1. The van der Waals surface area contributed by atoms with Gasteiger partial charge in [0.15, 0.2) is 5.76 Å². The molecule has 0 saturated heterocycles. The molecule has 1 aliphatic rings. The van der Waals surface area contributed by atoms with Crippen molar-refractivity contribution in [3.05, 3.63) is 59.5 Å². The highest BCUT2D eigenvalue weighted by Crippen LogP contribution is 2.30. The SMILES string of the molecule is O=C(NC[C@@H]1CCCc2ccccc21)c1ccco1. The molecule has 1 aliphatic carbocycles. The number of carbonyl (C=O) groups is 1. The normalized spacial score (nSPS) is 17.8. The fourth-order valence-electron chi connectivity index (χ4n) is 2.78. The van der Waals surface area contributed by atoms with Crippen molar-refractivity contribution in [2.45, 2.75) is 25.2 Å². The van der Waals surface area contributed by atoms with E-state index in [1.807, 2.05) is 0 Å². The zero-order chi connectivity index (χ0) is 13.1. The quantitative estimate of drug-likeness (QED) is 0.915. The van der Waals surface area contributed by atoms with Gasteiger partial charge in [-0.3, -0.25) is 4.79 Å². The van der Waals surface area contributed by atoms with Crippen molar-refractivity contribution >= 4 is 5.91 Å². The summed E-state index contributed by atoms with van der Waals surface area (Å²) in [6, 6.07) is 11.9. The molecule has 0 radical (unpaired) electrons. The highest BCUT2D eigenvalue weighted by molar-refractivity contribution is 5.91. The maximum Gasteiger partial charge on any atom is 0.286 e. The summed E-state index contributed by atoms with van der Waals surface area (Å²) >= 11 is 0. The molecule has 0 spiro atoms. The van der Waals surface area contributed by atoms with Crippen molar-refractivity contribution in [1.29, 1.82) is 0 Å². The highest BCUT2D eigenvalue weighted by atomic mass is 16.3. The number of hydrogen-bond acceptors (Lipinski definition) is 2. The van der Waals surface area contributed by atoms with Gasteiger partial charge in [0.1, 0.15) is 0 Å². The number of furan rings is 1. The zero-order valence-corrected chi connectivity index (χ0v) is 10.8. The van der Waals surface area contributed by atoms with Crippen LogP contribution >= 0.6 is 0 Å². The molecule has 19 heavy (non-hydrogen) atoms. The van der Waals surface area contributed by atoms with Gasteiger partial charge in [0, 0.05) is 12.5 Å². The Hall–Kier alpha value is -2.03. The Morgan fingerprint density at radius 2 is 2.16 bits per heavy atom. The van der Waals surface area contributed by atoms with Gasteiger partial charge in [-0.1, -0.05) is 24.3 Å². The van der Waals surface area contributed by atoms with Crippen LogP contribution in [0.3, 0.4) is 0 Å². The lowest BCUT2D eigenvalue weighted by Gasteiger charge is -2.25. The summed E-state index contributed by atoms with van der Waals surface area (Å²) in [7, 11) is 0. The molecule has 1 aromatic carbocycles. The van der Waals surface area contributed by atoms with Gasteiger partial charge in [-0.25, -0.2) is 0 Å². The average Bonchev–Trinajstić information content (AvgIpc) is 2.99. The molecule has 0 aliphatic heterocycles. The monoisotopic (exact) mass is 255 g/mol. The van der Waals surface area contributed by atoms with E-state index in [0.29, 0.717) is 18.2 Å². The van der Waals surface area contributed by atoms with E-state index in [9.17, 15) is 4.79 Å². The van der Waals surface area contributed by atoms with Gasteiger partial charge in [0.05, 0.1) is 6.26 Å². The molecular formula is C16H17NO2. The molecule has 1 atom stereocenters. The van der Waals surface area contributed by atoms with Gasteiger partial charge >= 0.3 is 0 Å². The van der Waals surface area contributed by atoms with Crippen LogP contribution < -0.4 is 5.32 Å². The fourth-order valence-corrected chi connectivity index (χ4v) is 2.78. The van der Waals surface area contributed by atoms with Gasteiger partial charge in [-0.05, 0) is 42.5 Å². The van der Waals surface area contributed by atoms with E-state index in [1.165, 1.54) is 23.8 Å². The van der Waals surface area contributed by atoms with E-state index in [0.717, 1.165) is 12.8 Å². The first-order chi connectivity index (χ1) is 9.34. The first-order valence-corrected chi connectivity index (χ1v) is 6.74. The number of rotatable bonds is 3. The second-order valence-electron chi connectivity index (χ2n) is 4.98. The van der Waals surface area contributed by atoms with Crippen molar-refractivity contribution in [2.75, 3.05) is 6.54 Å². The molecule has 0 saturated carbocycles. The Labute approximate surface area is 112 Å². The molecule has 2 aromatic rings. The Balaban J connectivity index is 1.67. The van der Waals surface area contributed by atoms with Crippen LogP contribution in [-0.2, 0) is 6.42 Å². The minimum Gasteiger partial charge on any atom is -0.459 e. The molecule has 1 aromatic heterocycles. The van der Waals surface area contributed by atoms with E-state index in [2.05, 4.69) is 29.6 Å². The van der Waals surface area contributed by atoms with Gasteiger partial charge in [-0.2, -0.15) is 0 Å². The molecule has 1 heterocycles. The van der Waals surface area contributed by atoms with Crippen LogP contribution in [0.15, 0.2) is 47.1 Å². The molecule has 0 fully saturated rings. The lowest BCUT2D eigenvalue weighted by molar-refractivity contribution is 0.0922. The maximum atomic E-state index is 11.9. The number of amides is 1. The van der Waals surface area contributed by atoms with Crippen LogP contribution in [0, 0.1) is 0 Å². The minimum atomic E-state index is -0.131. The summed E-state index contributed by atoms with van der Waals surface area (Å²) in [5.41, 5.74) is 2.81.